The van der Waals surface area contributed by atoms with E-state index in [1.807, 2.05) is 24.3 Å². The molecule has 0 fully saturated rings. The lowest BCUT2D eigenvalue weighted by Crippen LogP contribution is -2.08. The van der Waals surface area contributed by atoms with Gasteiger partial charge in [-0.2, -0.15) is 0 Å². The summed E-state index contributed by atoms with van der Waals surface area (Å²) in [6, 6.07) is 9.80. The molecule has 0 atom stereocenters. The molecule has 0 amide bonds. The van der Waals surface area contributed by atoms with E-state index in [2.05, 4.69) is 31.9 Å². The highest BCUT2D eigenvalue weighted by Crippen LogP contribution is 2.24. The summed E-state index contributed by atoms with van der Waals surface area (Å²) in [6.45, 7) is 0.115. The van der Waals surface area contributed by atoms with Gasteiger partial charge in [0.05, 0.1) is 11.3 Å². The van der Waals surface area contributed by atoms with Crippen LogP contribution >= 0.6 is 31.9 Å². The first kappa shape index (κ1) is 15.0. The summed E-state index contributed by atoms with van der Waals surface area (Å²) >= 11 is 6.49. The molecule has 2 rings (SSSR count). The fourth-order valence-electron chi connectivity index (χ4n) is 1.56. The summed E-state index contributed by atoms with van der Waals surface area (Å²) < 4.78 is 19.6. The Morgan fingerprint density at radius 3 is 2.60 bits per heavy atom. The number of nitrogens with two attached hydrogens (primary N) is 1. The highest BCUT2D eigenvalue weighted by molar-refractivity contribution is 9.10. The second-order valence-corrected chi connectivity index (χ2v) is 5.73. The number of benzene rings is 2. The third-order valence-electron chi connectivity index (χ3n) is 2.62. The molecular formula is C14H10Br2FNO2. The Morgan fingerprint density at radius 1 is 1.20 bits per heavy atom. The van der Waals surface area contributed by atoms with Gasteiger partial charge in [-0.25, -0.2) is 9.18 Å². The average molecular weight is 403 g/mol. The first-order valence-electron chi connectivity index (χ1n) is 5.64. The quantitative estimate of drug-likeness (QED) is 0.615. The van der Waals surface area contributed by atoms with Gasteiger partial charge in [-0.15, -0.1) is 0 Å². The first-order valence-corrected chi connectivity index (χ1v) is 7.22. The summed E-state index contributed by atoms with van der Waals surface area (Å²) in [5.41, 5.74) is 6.38. The van der Waals surface area contributed by atoms with E-state index in [0.717, 1.165) is 16.1 Å². The number of ether oxygens (including phenoxy) is 1. The van der Waals surface area contributed by atoms with Gasteiger partial charge >= 0.3 is 5.97 Å². The molecule has 0 aliphatic carbocycles. The van der Waals surface area contributed by atoms with Crippen LogP contribution in [0.5, 0.6) is 0 Å². The third kappa shape index (κ3) is 3.37. The van der Waals surface area contributed by atoms with Crippen LogP contribution in [-0.4, -0.2) is 5.97 Å². The van der Waals surface area contributed by atoms with Crippen molar-refractivity contribution in [2.24, 2.45) is 0 Å². The summed E-state index contributed by atoms with van der Waals surface area (Å²) in [7, 11) is 0. The standard InChI is InChI=1S/C14H10Br2FNO2/c15-10-4-2-1-3-8(10)7-20-14(19)9-5-13(18)12(17)6-11(9)16/h1-6H,7,18H2. The van der Waals surface area contributed by atoms with E-state index in [4.69, 9.17) is 10.5 Å². The molecule has 3 nitrogen and oxygen atoms in total. The molecule has 0 saturated heterocycles. The Bertz CT molecular complexity index is 662. The number of halogens is 3. The van der Waals surface area contributed by atoms with E-state index in [1.165, 1.54) is 6.07 Å². The summed E-state index contributed by atoms with van der Waals surface area (Å²) in [5, 5.41) is 0. The van der Waals surface area contributed by atoms with Crippen molar-refractivity contribution in [2.75, 3.05) is 5.73 Å². The van der Waals surface area contributed by atoms with Crippen LogP contribution in [0, 0.1) is 5.82 Å². The molecule has 20 heavy (non-hydrogen) atoms. The van der Waals surface area contributed by atoms with Crippen molar-refractivity contribution >= 4 is 43.5 Å². The number of carbonyl (C=O) groups is 1. The smallest absolute Gasteiger partial charge is 0.339 e. The van der Waals surface area contributed by atoms with Crippen LogP contribution in [0.25, 0.3) is 0 Å². The highest BCUT2D eigenvalue weighted by atomic mass is 79.9. The molecule has 0 aromatic heterocycles. The maximum Gasteiger partial charge on any atom is 0.339 e. The van der Waals surface area contributed by atoms with Crippen LogP contribution in [0.1, 0.15) is 15.9 Å². The van der Waals surface area contributed by atoms with Gasteiger partial charge in [0, 0.05) is 14.5 Å². The van der Waals surface area contributed by atoms with E-state index >= 15 is 0 Å². The van der Waals surface area contributed by atoms with Gasteiger partial charge in [-0.3, -0.25) is 0 Å². The van der Waals surface area contributed by atoms with Crippen molar-refractivity contribution in [3.8, 4) is 0 Å². The number of hydrogen-bond donors (Lipinski definition) is 1. The molecule has 0 saturated carbocycles. The van der Waals surface area contributed by atoms with Gasteiger partial charge in [-0.05, 0) is 34.1 Å². The van der Waals surface area contributed by atoms with Crippen LogP contribution in [0.2, 0.25) is 0 Å². The second-order valence-electron chi connectivity index (χ2n) is 4.02. The van der Waals surface area contributed by atoms with Crippen molar-refractivity contribution < 1.29 is 13.9 Å². The first-order chi connectivity index (χ1) is 9.49. The number of carbonyl (C=O) groups excluding carboxylic acids is 1. The topological polar surface area (TPSA) is 52.3 Å². The van der Waals surface area contributed by atoms with Crippen LogP contribution in [-0.2, 0) is 11.3 Å². The van der Waals surface area contributed by atoms with Crippen LogP contribution in [0.15, 0.2) is 45.3 Å². The molecule has 0 spiro atoms. The summed E-state index contributed by atoms with van der Waals surface area (Å²) in [5.74, 6) is -1.15. The van der Waals surface area contributed by atoms with Crippen molar-refractivity contribution in [3.63, 3.8) is 0 Å². The molecule has 0 bridgehead atoms. The third-order valence-corrected chi connectivity index (χ3v) is 4.05. The zero-order valence-electron chi connectivity index (χ0n) is 10.2. The number of hydrogen-bond acceptors (Lipinski definition) is 3. The molecule has 6 heteroatoms. The van der Waals surface area contributed by atoms with Crippen molar-refractivity contribution in [2.45, 2.75) is 6.61 Å². The van der Waals surface area contributed by atoms with Gasteiger partial charge in [0.15, 0.2) is 0 Å². The monoisotopic (exact) mass is 401 g/mol. The van der Waals surface area contributed by atoms with Gasteiger partial charge in [0.1, 0.15) is 12.4 Å². The average Bonchev–Trinajstić information content (AvgIpc) is 2.41. The fourth-order valence-corrected chi connectivity index (χ4v) is 2.44. The Kier molecular flexibility index (Phi) is 4.77. The minimum absolute atomic E-state index is 0.0963. The molecule has 2 N–H and O–H groups in total. The maximum atomic E-state index is 13.2. The maximum absolute atomic E-state index is 13.2. The lowest BCUT2D eigenvalue weighted by atomic mass is 10.2. The lowest BCUT2D eigenvalue weighted by molar-refractivity contribution is 0.0471. The van der Waals surface area contributed by atoms with Crippen molar-refractivity contribution in [1.82, 2.24) is 0 Å². The van der Waals surface area contributed by atoms with Gasteiger partial charge < -0.3 is 10.5 Å². The molecule has 0 radical (unpaired) electrons. The lowest BCUT2D eigenvalue weighted by Gasteiger charge is -2.09. The predicted molar refractivity (Wildman–Crippen MR) is 81.8 cm³/mol. The molecule has 104 valence electrons. The molecule has 0 aliphatic heterocycles. The van der Waals surface area contributed by atoms with Crippen LogP contribution < -0.4 is 5.73 Å². The Morgan fingerprint density at radius 2 is 1.90 bits per heavy atom. The Balaban J connectivity index is 2.13. The van der Waals surface area contributed by atoms with Gasteiger partial charge in [-0.1, -0.05) is 34.1 Å². The minimum atomic E-state index is -0.584. The van der Waals surface area contributed by atoms with Crippen LogP contribution in [0.3, 0.4) is 0 Å². The number of esters is 1. The van der Waals surface area contributed by atoms with Gasteiger partial charge in [0.2, 0.25) is 0 Å². The second kappa shape index (κ2) is 6.37. The largest absolute Gasteiger partial charge is 0.457 e. The Labute approximate surface area is 132 Å². The number of nitrogen functional groups attached to an aromatic ring is 1. The van der Waals surface area contributed by atoms with E-state index in [9.17, 15) is 9.18 Å². The molecule has 0 unspecified atom stereocenters. The fraction of sp³-hybridized carbons (Fsp3) is 0.0714. The molecule has 0 heterocycles. The number of anilines is 1. The zero-order valence-corrected chi connectivity index (χ0v) is 13.4. The van der Waals surface area contributed by atoms with Gasteiger partial charge in [0.25, 0.3) is 0 Å². The highest BCUT2D eigenvalue weighted by Gasteiger charge is 2.15. The molecule has 0 aliphatic rings. The summed E-state index contributed by atoms with van der Waals surface area (Å²) in [6.07, 6.45) is 0. The summed E-state index contributed by atoms with van der Waals surface area (Å²) in [4.78, 5) is 12.0. The van der Waals surface area contributed by atoms with Crippen LogP contribution in [0.4, 0.5) is 10.1 Å². The van der Waals surface area contributed by atoms with Crippen molar-refractivity contribution in [3.05, 3.63) is 62.3 Å². The van der Waals surface area contributed by atoms with E-state index in [-0.39, 0.29) is 17.9 Å². The zero-order chi connectivity index (χ0) is 14.7. The normalized spacial score (nSPS) is 10.3. The Hall–Kier alpha value is -1.40. The molecular weight excluding hydrogens is 393 g/mol. The predicted octanol–water partition coefficient (Wildman–Crippen LogP) is 4.29. The minimum Gasteiger partial charge on any atom is -0.457 e. The molecule has 2 aromatic rings. The number of rotatable bonds is 3. The molecule has 2 aromatic carbocycles. The SMILES string of the molecule is Nc1cc(C(=O)OCc2ccccc2Br)c(Br)cc1F. The van der Waals surface area contributed by atoms with E-state index in [0.29, 0.717) is 4.47 Å². The van der Waals surface area contributed by atoms with E-state index < -0.39 is 11.8 Å². The van der Waals surface area contributed by atoms with E-state index in [1.54, 1.807) is 0 Å². The van der Waals surface area contributed by atoms with Crippen molar-refractivity contribution in [1.29, 1.82) is 0 Å².